The van der Waals surface area contributed by atoms with Gasteiger partial charge in [0, 0.05) is 18.5 Å². The number of likely N-dealkylation sites (N-methyl/N-ethyl adjacent to an activating group) is 1. The first-order valence-corrected chi connectivity index (χ1v) is 12.2. The van der Waals surface area contributed by atoms with Gasteiger partial charge in [-0.05, 0) is 78.2 Å². The van der Waals surface area contributed by atoms with Crippen LogP contribution in [-0.4, -0.2) is 58.4 Å². The second kappa shape index (κ2) is 11.1. The summed E-state index contributed by atoms with van der Waals surface area (Å²) in [6.45, 7) is 11.3. The summed E-state index contributed by atoms with van der Waals surface area (Å²) < 4.78 is 0. The van der Waals surface area contributed by atoms with Crippen LogP contribution in [0.4, 0.5) is 0 Å². The fourth-order valence-corrected chi connectivity index (χ4v) is 4.87. The minimum atomic E-state index is -0.654. The molecule has 2 aliphatic carbocycles. The lowest BCUT2D eigenvalue weighted by atomic mass is 9.88. The Morgan fingerprint density at radius 1 is 1.32 bits per heavy atom. The van der Waals surface area contributed by atoms with Gasteiger partial charge in [-0.15, -0.1) is 0 Å². The number of carbonyl (C=O) groups excluding carboxylic acids is 1. The summed E-state index contributed by atoms with van der Waals surface area (Å²) in [5.74, 6) is 1.22. The first kappa shape index (κ1) is 26.1. The van der Waals surface area contributed by atoms with Gasteiger partial charge in [0.25, 0.3) is 0 Å². The van der Waals surface area contributed by atoms with Crippen LogP contribution in [0.2, 0.25) is 0 Å². The lowest BCUT2D eigenvalue weighted by Crippen LogP contribution is -2.46. The van der Waals surface area contributed by atoms with E-state index in [1.807, 2.05) is 34.7 Å². The van der Waals surface area contributed by atoms with E-state index in [0.717, 1.165) is 45.1 Å². The van der Waals surface area contributed by atoms with Gasteiger partial charge >= 0.3 is 0 Å². The number of nitrogens with zero attached hydrogens (tertiary/aromatic N) is 1. The average molecular weight is 435 g/mol. The number of hydrogen-bond acceptors (Lipinski definition) is 4. The zero-order valence-corrected chi connectivity index (χ0v) is 20.7. The normalized spacial score (nSPS) is 27.9. The van der Waals surface area contributed by atoms with E-state index in [9.17, 15) is 15.0 Å². The van der Waals surface area contributed by atoms with Gasteiger partial charge in [0.2, 0.25) is 5.91 Å². The predicted molar refractivity (Wildman–Crippen MR) is 128 cm³/mol. The maximum Gasteiger partial charge on any atom is 0.236 e. The number of nitrogens with one attached hydrogen (secondary N) is 1. The van der Waals surface area contributed by atoms with Crippen molar-refractivity contribution in [2.24, 2.45) is 17.8 Å². The standard InChI is InChI=1S/C26H46N2O3/c1-7-8-12-26(5,31)13-9-10-21-22-16-19(15-20(22)17-23(21)29)11-14-27-18-24(30)28(6)25(2,3)4/h9-10,15,20-23,27,29,31H,7-8,11-14,16-18H2,1-6H3/b10-9+/t20-,21+,22-,23+,26-/m0/s1. The molecule has 0 saturated heterocycles. The number of amides is 1. The van der Waals surface area contributed by atoms with Gasteiger partial charge in [0.05, 0.1) is 18.2 Å². The number of aliphatic hydroxyl groups is 2. The summed E-state index contributed by atoms with van der Waals surface area (Å²) in [6.07, 6.45) is 12.7. The smallest absolute Gasteiger partial charge is 0.236 e. The molecule has 5 nitrogen and oxygen atoms in total. The Balaban J connectivity index is 1.77. The molecule has 31 heavy (non-hydrogen) atoms. The molecular formula is C26H46N2O3. The number of allylic oxidation sites excluding steroid dienone is 1. The largest absolute Gasteiger partial charge is 0.392 e. The lowest BCUT2D eigenvalue weighted by molar-refractivity contribution is -0.133. The van der Waals surface area contributed by atoms with Crippen LogP contribution in [0.1, 0.15) is 79.6 Å². The Bertz CT molecular complexity index is 648. The molecule has 3 N–H and O–H groups in total. The highest BCUT2D eigenvalue weighted by Gasteiger charge is 2.43. The summed E-state index contributed by atoms with van der Waals surface area (Å²) in [6, 6.07) is 0. The first-order valence-electron chi connectivity index (χ1n) is 12.2. The molecule has 0 radical (unpaired) electrons. The molecule has 0 unspecified atom stereocenters. The molecule has 1 fully saturated rings. The van der Waals surface area contributed by atoms with Crippen LogP contribution in [0.3, 0.4) is 0 Å². The maximum atomic E-state index is 12.2. The van der Waals surface area contributed by atoms with Gasteiger partial charge in [-0.2, -0.15) is 0 Å². The molecule has 0 aromatic carbocycles. The van der Waals surface area contributed by atoms with Crippen molar-refractivity contribution in [1.29, 1.82) is 0 Å². The van der Waals surface area contributed by atoms with E-state index in [-0.39, 0.29) is 23.5 Å². The molecule has 0 spiro atoms. The summed E-state index contributed by atoms with van der Waals surface area (Å²) >= 11 is 0. The van der Waals surface area contributed by atoms with Crippen molar-refractivity contribution in [3.63, 3.8) is 0 Å². The summed E-state index contributed by atoms with van der Waals surface area (Å²) in [7, 11) is 1.85. The molecule has 1 amide bonds. The van der Waals surface area contributed by atoms with E-state index in [4.69, 9.17) is 0 Å². The second-order valence-electron chi connectivity index (χ2n) is 11.0. The van der Waals surface area contributed by atoms with Crippen LogP contribution >= 0.6 is 0 Å². The van der Waals surface area contributed by atoms with Crippen molar-refractivity contribution >= 4 is 5.91 Å². The van der Waals surface area contributed by atoms with Gasteiger partial charge < -0.3 is 20.4 Å². The van der Waals surface area contributed by atoms with Crippen molar-refractivity contribution in [1.82, 2.24) is 10.2 Å². The van der Waals surface area contributed by atoms with E-state index in [2.05, 4.69) is 30.5 Å². The molecule has 0 aromatic heterocycles. The zero-order chi connectivity index (χ0) is 23.2. The maximum absolute atomic E-state index is 12.2. The van der Waals surface area contributed by atoms with Gasteiger partial charge in [-0.3, -0.25) is 4.79 Å². The van der Waals surface area contributed by atoms with Crippen LogP contribution in [0.25, 0.3) is 0 Å². The van der Waals surface area contributed by atoms with Gasteiger partial charge in [-0.1, -0.05) is 43.6 Å². The second-order valence-corrected chi connectivity index (χ2v) is 11.0. The van der Waals surface area contributed by atoms with Crippen molar-refractivity contribution in [2.45, 2.75) is 96.8 Å². The quantitative estimate of drug-likeness (QED) is 0.339. The van der Waals surface area contributed by atoms with E-state index in [1.54, 1.807) is 4.90 Å². The highest BCUT2D eigenvalue weighted by Crippen LogP contribution is 2.48. The number of unbranched alkanes of at least 4 members (excludes halogenated alkanes) is 1. The number of fused-ring (bicyclic) bond motifs is 1. The molecule has 2 aliphatic rings. The van der Waals surface area contributed by atoms with Gasteiger partial charge in [0.15, 0.2) is 0 Å². The minimum Gasteiger partial charge on any atom is -0.392 e. The molecule has 0 aliphatic heterocycles. The van der Waals surface area contributed by atoms with Crippen molar-refractivity contribution in [3.8, 4) is 0 Å². The molecule has 0 heterocycles. The Hall–Kier alpha value is -1.17. The molecule has 178 valence electrons. The molecule has 0 bridgehead atoms. The highest BCUT2D eigenvalue weighted by atomic mass is 16.3. The lowest BCUT2D eigenvalue weighted by Gasteiger charge is -2.32. The first-order chi connectivity index (χ1) is 14.4. The Morgan fingerprint density at radius 3 is 2.68 bits per heavy atom. The van der Waals surface area contributed by atoms with Crippen molar-refractivity contribution in [2.75, 3.05) is 20.1 Å². The topological polar surface area (TPSA) is 72.8 Å². The van der Waals surface area contributed by atoms with E-state index >= 15 is 0 Å². The highest BCUT2D eigenvalue weighted by molar-refractivity contribution is 5.78. The molecule has 5 heteroatoms. The third-order valence-corrected chi connectivity index (χ3v) is 7.21. The summed E-state index contributed by atoms with van der Waals surface area (Å²) in [4.78, 5) is 14.0. The third-order valence-electron chi connectivity index (χ3n) is 7.21. The zero-order valence-electron chi connectivity index (χ0n) is 20.7. The fourth-order valence-electron chi connectivity index (χ4n) is 4.87. The number of aliphatic hydroxyl groups excluding tert-OH is 1. The summed E-state index contributed by atoms with van der Waals surface area (Å²) in [5, 5.41) is 24.3. The van der Waals surface area contributed by atoms with Crippen molar-refractivity contribution < 1.29 is 15.0 Å². The third kappa shape index (κ3) is 7.73. The van der Waals surface area contributed by atoms with Crippen LogP contribution < -0.4 is 5.32 Å². The van der Waals surface area contributed by atoms with Crippen LogP contribution in [0.15, 0.2) is 23.8 Å². The van der Waals surface area contributed by atoms with E-state index < -0.39 is 5.60 Å². The minimum absolute atomic E-state index is 0.118. The predicted octanol–water partition coefficient (Wildman–Crippen LogP) is 4.05. The van der Waals surface area contributed by atoms with Crippen LogP contribution in [0.5, 0.6) is 0 Å². The van der Waals surface area contributed by atoms with Gasteiger partial charge in [-0.25, -0.2) is 0 Å². The number of hydrogen-bond donors (Lipinski definition) is 3. The molecular weight excluding hydrogens is 388 g/mol. The Labute approximate surface area is 190 Å². The van der Waals surface area contributed by atoms with E-state index in [0.29, 0.717) is 24.8 Å². The monoisotopic (exact) mass is 434 g/mol. The fraction of sp³-hybridized carbons (Fsp3) is 0.808. The molecule has 0 aromatic rings. The molecule has 1 saturated carbocycles. The van der Waals surface area contributed by atoms with Gasteiger partial charge in [0.1, 0.15) is 0 Å². The van der Waals surface area contributed by atoms with Crippen LogP contribution in [-0.2, 0) is 4.79 Å². The van der Waals surface area contributed by atoms with Crippen molar-refractivity contribution in [3.05, 3.63) is 23.8 Å². The molecule has 5 atom stereocenters. The Morgan fingerprint density at radius 2 is 2.03 bits per heavy atom. The Kier molecular flexibility index (Phi) is 9.35. The molecule has 2 rings (SSSR count). The number of rotatable bonds is 11. The number of carbonyl (C=O) groups is 1. The average Bonchev–Trinajstić information content (AvgIpc) is 3.19. The van der Waals surface area contributed by atoms with E-state index in [1.165, 1.54) is 5.57 Å². The SMILES string of the molecule is CCCC[C@](C)(O)C/C=C/[C@@H]1[C@H]2CC(CCNCC(=O)N(C)C(C)(C)C)=C[C@H]2C[C@H]1O. The summed E-state index contributed by atoms with van der Waals surface area (Å²) in [5.41, 5.74) is 0.634. The van der Waals surface area contributed by atoms with Crippen LogP contribution in [0, 0.1) is 17.8 Å².